The highest BCUT2D eigenvalue weighted by Gasteiger charge is 2.31. The van der Waals surface area contributed by atoms with Crippen molar-refractivity contribution in [3.8, 4) is 0 Å². The topological polar surface area (TPSA) is 59.9 Å². The second-order valence-electron chi connectivity index (χ2n) is 4.55. The van der Waals surface area contributed by atoms with E-state index in [2.05, 4.69) is 9.97 Å². The number of thiophene rings is 1. The minimum atomic E-state index is -2.92. The molecule has 0 bridgehead atoms. The van der Waals surface area contributed by atoms with E-state index < -0.39 is 9.84 Å². The quantitative estimate of drug-likeness (QED) is 0.760. The number of rotatable bonds is 1. The molecule has 0 amide bonds. The zero-order valence-electron chi connectivity index (χ0n) is 9.68. The predicted octanol–water partition coefficient (Wildman–Crippen LogP) is 2.56. The smallest absolute Gasteiger partial charge is 0.151 e. The molecule has 0 radical (unpaired) electrons. The molecular weight excluding hydrogens is 292 g/mol. The van der Waals surface area contributed by atoms with Gasteiger partial charge in [0, 0.05) is 16.2 Å². The summed E-state index contributed by atoms with van der Waals surface area (Å²) in [6.45, 7) is 1.99. The summed E-state index contributed by atoms with van der Waals surface area (Å²) >= 11 is 7.69. The highest BCUT2D eigenvalue weighted by Crippen LogP contribution is 2.32. The van der Waals surface area contributed by atoms with Gasteiger partial charge in [-0.2, -0.15) is 0 Å². The first-order chi connectivity index (χ1) is 8.44. The van der Waals surface area contributed by atoms with Crippen molar-refractivity contribution in [1.29, 1.82) is 0 Å². The monoisotopic (exact) mass is 302 g/mol. The molecular formula is C11H11ClN2O2S2. The Morgan fingerprint density at radius 2 is 2.22 bits per heavy atom. The lowest BCUT2D eigenvalue weighted by molar-refractivity contribution is 0.601. The maximum atomic E-state index is 11.5. The van der Waals surface area contributed by atoms with Crippen LogP contribution in [0.2, 0.25) is 5.15 Å². The molecule has 2 aromatic rings. The van der Waals surface area contributed by atoms with E-state index in [4.69, 9.17) is 11.6 Å². The molecule has 1 aliphatic heterocycles. The van der Waals surface area contributed by atoms with Gasteiger partial charge in [0.2, 0.25) is 0 Å². The fourth-order valence-electron chi connectivity index (χ4n) is 2.20. The summed E-state index contributed by atoms with van der Waals surface area (Å²) in [5.41, 5.74) is 0. The summed E-state index contributed by atoms with van der Waals surface area (Å²) in [7, 11) is -2.92. The Morgan fingerprint density at radius 3 is 2.89 bits per heavy atom. The number of aromatic nitrogens is 2. The third kappa shape index (κ3) is 2.13. The third-order valence-corrected chi connectivity index (χ3v) is 6.08. The molecule has 2 aromatic heterocycles. The van der Waals surface area contributed by atoms with Crippen LogP contribution in [-0.4, -0.2) is 29.9 Å². The van der Waals surface area contributed by atoms with Crippen LogP contribution < -0.4 is 0 Å². The SMILES string of the molecule is Cc1cc2c(Cl)nc(C3CCS(=O)(=O)C3)nc2s1. The molecule has 7 heteroatoms. The third-order valence-electron chi connectivity index (χ3n) is 3.08. The van der Waals surface area contributed by atoms with Crippen LogP contribution in [0.5, 0.6) is 0 Å². The van der Waals surface area contributed by atoms with Crippen LogP contribution in [0.3, 0.4) is 0 Å². The van der Waals surface area contributed by atoms with Gasteiger partial charge in [-0.3, -0.25) is 0 Å². The van der Waals surface area contributed by atoms with Crippen molar-refractivity contribution in [2.24, 2.45) is 0 Å². The van der Waals surface area contributed by atoms with Gasteiger partial charge in [0.15, 0.2) is 9.84 Å². The molecule has 1 unspecified atom stereocenters. The average Bonchev–Trinajstić information content (AvgIpc) is 2.80. The summed E-state index contributed by atoms with van der Waals surface area (Å²) in [4.78, 5) is 10.7. The van der Waals surface area contributed by atoms with E-state index in [9.17, 15) is 8.42 Å². The summed E-state index contributed by atoms with van der Waals surface area (Å²) in [5.74, 6) is 0.814. The van der Waals surface area contributed by atoms with E-state index in [1.54, 1.807) is 11.3 Å². The van der Waals surface area contributed by atoms with Crippen molar-refractivity contribution in [3.05, 3.63) is 21.9 Å². The van der Waals surface area contributed by atoms with Gasteiger partial charge in [-0.05, 0) is 19.4 Å². The fourth-order valence-corrected chi connectivity index (χ4v) is 5.12. The highest BCUT2D eigenvalue weighted by molar-refractivity contribution is 7.91. The van der Waals surface area contributed by atoms with Gasteiger partial charge < -0.3 is 0 Å². The number of fused-ring (bicyclic) bond motifs is 1. The van der Waals surface area contributed by atoms with Crippen LogP contribution >= 0.6 is 22.9 Å². The molecule has 0 aliphatic carbocycles. The molecule has 0 aromatic carbocycles. The van der Waals surface area contributed by atoms with E-state index in [1.807, 2.05) is 13.0 Å². The van der Waals surface area contributed by atoms with Crippen molar-refractivity contribution < 1.29 is 8.42 Å². The Hall–Kier alpha value is -0.720. The molecule has 0 N–H and O–H groups in total. The lowest BCUT2D eigenvalue weighted by Crippen LogP contribution is -2.07. The lowest BCUT2D eigenvalue weighted by Gasteiger charge is -2.06. The number of hydrogen-bond acceptors (Lipinski definition) is 5. The van der Waals surface area contributed by atoms with E-state index in [1.165, 1.54) is 0 Å². The van der Waals surface area contributed by atoms with Crippen LogP contribution in [-0.2, 0) is 9.84 Å². The van der Waals surface area contributed by atoms with Gasteiger partial charge in [-0.15, -0.1) is 11.3 Å². The molecule has 18 heavy (non-hydrogen) atoms. The molecule has 0 saturated carbocycles. The normalized spacial score (nSPS) is 22.7. The average molecular weight is 303 g/mol. The first-order valence-electron chi connectivity index (χ1n) is 5.58. The zero-order chi connectivity index (χ0) is 12.9. The predicted molar refractivity (Wildman–Crippen MR) is 73.2 cm³/mol. The first kappa shape index (κ1) is 12.3. The second-order valence-corrected chi connectivity index (χ2v) is 8.37. The standard InChI is InChI=1S/C11H11ClN2O2S2/c1-6-4-8-9(12)13-10(14-11(8)17-6)7-2-3-18(15,16)5-7/h4,7H,2-3,5H2,1H3. The summed E-state index contributed by atoms with van der Waals surface area (Å²) in [6, 6.07) is 1.96. The Bertz CT molecular complexity index is 724. The lowest BCUT2D eigenvalue weighted by atomic mass is 10.1. The van der Waals surface area contributed by atoms with Crippen LogP contribution in [0.25, 0.3) is 10.2 Å². The van der Waals surface area contributed by atoms with Crippen LogP contribution in [0, 0.1) is 6.92 Å². The van der Waals surface area contributed by atoms with Crippen molar-refractivity contribution in [1.82, 2.24) is 9.97 Å². The number of aryl methyl sites for hydroxylation is 1. The van der Waals surface area contributed by atoms with E-state index in [0.29, 0.717) is 17.4 Å². The van der Waals surface area contributed by atoms with Gasteiger partial charge in [-0.1, -0.05) is 11.6 Å². The van der Waals surface area contributed by atoms with Crippen LogP contribution in [0.15, 0.2) is 6.07 Å². The molecule has 3 rings (SSSR count). The van der Waals surface area contributed by atoms with Crippen LogP contribution in [0.4, 0.5) is 0 Å². The van der Waals surface area contributed by atoms with Gasteiger partial charge in [0.25, 0.3) is 0 Å². The Labute approximate surface area is 114 Å². The van der Waals surface area contributed by atoms with Crippen LogP contribution in [0.1, 0.15) is 23.0 Å². The van der Waals surface area contributed by atoms with Crippen molar-refractivity contribution >= 4 is 43.0 Å². The van der Waals surface area contributed by atoms with Gasteiger partial charge >= 0.3 is 0 Å². The first-order valence-corrected chi connectivity index (χ1v) is 8.60. The van der Waals surface area contributed by atoms with Crippen molar-refractivity contribution in [3.63, 3.8) is 0 Å². The molecule has 3 heterocycles. The molecule has 1 saturated heterocycles. The van der Waals surface area contributed by atoms with Crippen molar-refractivity contribution in [2.75, 3.05) is 11.5 Å². The number of halogens is 1. The van der Waals surface area contributed by atoms with Gasteiger partial charge in [-0.25, -0.2) is 18.4 Å². The zero-order valence-corrected chi connectivity index (χ0v) is 12.1. The Kier molecular flexibility index (Phi) is 2.84. The van der Waals surface area contributed by atoms with E-state index >= 15 is 0 Å². The number of sulfone groups is 1. The minimum absolute atomic E-state index is 0.112. The largest absolute Gasteiger partial charge is 0.229 e. The summed E-state index contributed by atoms with van der Waals surface area (Å²) < 4.78 is 23.0. The number of hydrogen-bond donors (Lipinski definition) is 0. The van der Waals surface area contributed by atoms with E-state index in [-0.39, 0.29) is 17.4 Å². The maximum Gasteiger partial charge on any atom is 0.151 e. The highest BCUT2D eigenvalue weighted by atomic mass is 35.5. The van der Waals surface area contributed by atoms with Gasteiger partial charge in [0.05, 0.1) is 11.5 Å². The van der Waals surface area contributed by atoms with E-state index in [0.717, 1.165) is 15.1 Å². The maximum absolute atomic E-state index is 11.5. The number of nitrogens with zero attached hydrogens (tertiary/aromatic N) is 2. The molecule has 1 fully saturated rings. The summed E-state index contributed by atoms with van der Waals surface area (Å²) in [5, 5.41) is 1.27. The molecule has 1 atom stereocenters. The Morgan fingerprint density at radius 1 is 1.44 bits per heavy atom. The fraction of sp³-hybridized carbons (Fsp3) is 0.455. The molecule has 1 aliphatic rings. The minimum Gasteiger partial charge on any atom is -0.229 e. The Balaban J connectivity index is 2.08. The second kappa shape index (κ2) is 4.15. The molecule has 4 nitrogen and oxygen atoms in total. The molecule has 0 spiro atoms. The van der Waals surface area contributed by atoms with Crippen molar-refractivity contribution in [2.45, 2.75) is 19.3 Å². The van der Waals surface area contributed by atoms with Gasteiger partial charge in [0.1, 0.15) is 15.8 Å². The molecule has 96 valence electrons. The summed E-state index contributed by atoms with van der Waals surface area (Å²) in [6.07, 6.45) is 0.592.